The SMILES string of the molecule is Cc1oc(C2CC(C)NN2)cc1S(=O)(=O)Nc1ccccc1. The largest absolute Gasteiger partial charge is 0.463 e. The normalized spacial score (nSPS) is 21.9. The van der Waals surface area contributed by atoms with Gasteiger partial charge in [-0.3, -0.25) is 10.1 Å². The summed E-state index contributed by atoms with van der Waals surface area (Å²) in [6.45, 7) is 3.71. The van der Waals surface area contributed by atoms with Gasteiger partial charge in [0.25, 0.3) is 10.0 Å². The van der Waals surface area contributed by atoms with E-state index in [1.165, 1.54) is 0 Å². The van der Waals surface area contributed by atoms with Crippen molar-refractivity contribution in [2.24, 2.45) is 0 Å². The first-order valence-corrected chi connectivity index (χ1v) is 8.63. The van der Waals surface area contributed by atoms with Crippen LogP contribution in [0.15, 0.2) is 45.7 Å². The van der Waals surface area contributed by atoms with Crippen LogP contribution in [0.25, 0.3) is 0 Å². The van der Waals surface area contributed by atoms with Gasteiger partial charge in [0.05, 0.1) is 6.04 Å². The van der Waals surface area contributed by atoms with Crippen molar-refractivity contribution in [2.45, 2.75) is 37.2 Å². The zero-order valence-corrected chi connectivity index (χ0v) is 13.3. The molecule has 0 aliphatic carbocycles. The monoisotopic (exact) mass is 321 g/mol. The number of benzene rings is 1. The van der Waals surface area contributed by atoms with E-state index >= 15 is 0 Å². The molecule has 0 radical (unpaired) electrons. The van der Waals surface area contributed by atoms with Crippen LogP contribution < -0.4 is 15.6 Å². The Morgan fingerprint density at radius 3 is 2.59 bits per heavy atom. The maximum absolute atomic E-state index is 12.5. The first-order valence-electron chi connectivity index (χ1n) is 7.15. The molecule has 1 aliphatic heterocycles. The standard InChI is InChI=1S/C15H19N3O3S/c1-10-8-13(17-16-10)14-9-15(11(2)21-14)22(19,20)18-12-6-4-3-5-7-12/h3-7,9-10,13,16-18H,8H2,1-2H3. The van der Waals surface area contributed by atoms with Crippen LogP contribution in [0.2, 0.25) is 0 Å². The number of hydrazine groups is 1. The summed E-state index contributed by atoms with van der Waals surface area (Å²) in [7, 11) is -3.66. The van der Waals surface area contributed by atoms with Gasteiger partial charge in [-0.05, 0) is 32.4 Å². The van der Waals surface area contributed by atoms with E-state index in [-0.39, 0.29) is 10.9 Å². The summed E-state index contributed by atoms with van der Waals surface area (Å²) < 4.78 is 33.2. The molecule has 1 aliphatic rings. The molecule has 2 heterocycles. The van der Waals surface area contributed by atoms with Crippen molar-refractivity contribution in [2.75, 3.05) is 4.72 Å². The molecule has 1 aromatic heterocycles. The molecule has 3 N–H and O–H groups in total. The van der Waals surface area contributed by atoms with Crippen molar-refractivity contribution in [1.82, 2.24) is 10.9 Å². The molecule has 7 heteroatoms. The first-order chi connectivity index (χ1) is 10.5. The fourth-order valence-corrected chi connectivity index (χ4v) is 3.79. The smallest absolute Gasteiger partial charge is 0.265 e. The van der Waals surface area contributed by atoms with Gasteiger partial charge in [-0.2, -0.15) is 0 Å². The second-order valence-electron chi connectivity index (χ2n) is 5.52. The van der Waals surface area contributed by atoms with Crippen LogP contribution in [0.4, 0.5) is 5.69 Å². The van der Waals surface area contributed by atoms with E-state index in [0.29, 0.717) is 23.2 Å². The van der Waals surface area contributed by atoms with Crippen LogP contribution >= 0.6 is 0 Å². The average molecular weight is 321 g/mol. The van der Waals surface area contributed by atoms with Crippen molar-refractivity contribution in [1.29, 1.82) is 0 Å². The van der Waals surface area contributed by atoms with Gasteiger partial charge in [0, 0.05) is 17.8 Å². The molecule has 2 aromatic rings. The van der Waals surface area contributed by atoms with Gasteiger partial charge in [-0.1, -0.05) is 18.2 Å². The zero-order valence-electron chi connectivity index (χ0n) is 12.5. The lowest BCUT2D eigenvalue weighted by Crippen LogP contribution is -2.28. The molecule has 1 fully saturated rings. The molecule has 1 aromatic carbocycles. The van der Waals surface area contributed by atoms with E-state index in [2.05, 4.69) is 22.5 Å². The van der Waals surface area contributed by atoms with Crippen LogP contribution in [0, 0.1) is 6.92 Å². The Labute approximate surface area is 129 Å². The Hall–Kier alpha value is -1.83. The molecule has 3 rings (SSSR count). The highest BCUT2D eigenvalue weighted by atomic mass is 32.2. The second-order valence-corrected chi connectivity index (χ2v) is 7.17. The Bertz CT molecular complexity index is 756. The molecule has 0 amide bonds. The van der Waals surface area contributed by atoms with Crippen molar-refractivity contribution >= 4 is 15.7 Å². The van der Waals surface area contributed by atoms with E-state index in [0.717, 1.165) is 6.42 Å². The lowest BCUT2D eigenvalue weighted by atomic mass is 10.1. The summed E-state index contributed by atoms with van der Waals surface area (Å²) in [6.07, 6.45) is 0.846. The van der Waals surface area contributed by atoms with Crippen molar-refractivity contribution in [3.05, 3.63) is 47.9 Å². The summed E-state index contributed by atoms with van der Waals surface area (Å²) in [4.78, 5) is 0.174. The molecule has 0 spiro atoms. The third-order valence-electron chi connectivity index (χ3n) is 3.64. The number of aryl methyl sites for hydroxylation is 1. The minimum Gasteiger partial charge on any atom is -0.463 e. The van der Waals surface area contributed by atoms with Crippen LogP contribution in [0.1, 0.15) is 30.9 Å². The molecule has 118 valence electrons. The Morgan fingerprint density at radius 1 is 1.23 bits per heavy atom. The van der Waals surface area contributed by atoms with Gasteiger partial charge in [0.1, 0.15) is 16.4 Å². The molecular formula is C15H19N3O3S. The average Bonchev–Trinajstić information content (AvgIpc) is 3.06. The van der Waals surface area contributed by atoms with Gasteiger partial charge in [0.15, 0.2) is 0 Å². The van der Waals surface area contributed by atoms with Gasteiger partial charge >= 0.3 is 0 Å². The number of hydrogen-bond acceptors (Lipinski definition) is 5. The number of para-hydroxylation sites is 1. The molecule has 6 nitrogen and oxygen atoms in total. The third kappa shape index (κ3) is 3.01. The molecule has 2 atom stereocenters. The number of hydrogen-bond donors (Lipinski definition) is 3. The Kier molecular flexibility index (Phi) is 3.94. The summed E-state index contributed by atoms with van der Waals surface area (Å²) in [5.74, 6) is 1.02. The molecule has 0 saturated carbocycles. The highest BCUT2D eigenvalue weighted by Gasteiger charge is 2.28. The van der Waals surface area contributed by atoms with E-state index in [1.807, 2.05) is 6.07 Å². The summed E-state index contributed by atoms with van der Waals surface area (Å²) in [5, 5.41) is 0. The topological polar surface area (TPSA) is 83.4 Å². The maximum Gasteiger partial charge on any atom is 0.265 e. The van der Waals surface area contributed by atoms with Crippen LogP contribution in [-0.2, 0) is 10.0 Å². The number of anilines is 1. The first kappa shape index (κ1) is 15.1. The fourth-order valence-electron chi connectivity index (χ4n) is 2.54. The molecule has 0 bridgehead atoms. The highest BCUT2D eigenvalue weighted by Crippen LogP contribution is 2.29. The quantitative estimate of drug-likeness (QED) is 0.805. The molecular weight excluding hydrogens is 302 g/mol. The van der Waals surface area contributed by atoms with Gasteiger partial charge in [-0.15, -0.1) is 0 Å². The van der Waals surface area contributed by atoms with E-state index in [4.69, 9.17) is 4.42 Å². The lowest BCUT2D eigenvalue weighted by Gasteiger charge is -2.06. The Balaban J connectivity index is 1.86. The third-order valence-corrected chi connectivity index (χ3v) is 5.13. The number of nitrogens with one attached hydrogen (secondary N) is 3. The predicted molar refractivity (Wildman–Crippen MR) is 83.8 cm³/mol. The van der Waals surface area contributed by atoms with Crippen LogP contribution in [-0.4, -0.2) is 14.5 Å². The maximum atomic E-state index is 12.5. The number of sulfonamides is 1. The minimum atomic E-state index is -3.66. The van der Waals surface area contributed by atoms with Crippen LogP contribution in [0.3, 0.4) is 0 Å². The van der Waals surface area contributed by atoms with Gasteiger partial charge in [-0.25, -0.2) is 13.8 Å². The Morgan fingerprint density at radius 2 is 1.95 bits per heavy atom. The van der Waals surface area contributed by atoms with Gasteiger partial charge < -0.3 is 4.42 Å². The van der Waals surface area contributed by atoms with E-state index in [9.17, 15) is 8.42 Å². The van der Waals surface area contributed by atoms with Gasteiger partial charge in [0.2, 0.25) is 0 Å². The summed E-state index contributed by atoms with van der Waals surface area (Å²) in [5.41, 5.74) is 6.73. The van der Waals surface area contributed by atoms with Crippen LogP contribution in [0.5, 0.6) is 0 Å². The lowest BCUT2D eigenvalue weighted by molar-refractivity contribution is 0.416. The summed E-state index contributed by atoms with van der Waals surface area (Å²) >= 11 is 0. The van der Waals surface area contributed by atoms with Crippen molar-refractivity contribution < 1.29 is 12.8 Å². The highest BCUT2D eigenvalue weighted by molar-refractivity contribution is 7.92. The van der Waals surface area contributed by atoms with Crippen molar-refractivity contribution in [3.63, 3.8) is 0 Å². The minimum absolute atomic E-state index is 0.0191. The zero-order chi connectivity index (χ0) is 15.7. The number of furan rings is 1. The van der Waals surface area contributed by atoms with E-state index < -0.39 is 10.0 Å². The molecule has 2 unspecified atom stereocenters. The van der Waals surface area contributed by atoms with Crippen molar-refractivity contribution in [3.8, 4) is 0 Å². The number of rotatable bonds is 4. The summed E-state index contributed by atoms with van der Waals surface area (Å²) in [6, 6.07) is 10.7. The van der Waals surface area contributed by atoms with E-state index in [1.54, 1.807) is 37.3 Å². The fraction of sp³-hybridized carbons (Fsp3) is 0.333. The molecule has 1 saturated heterocycles. The molecule has 22 heavy (non-hydrogen) atoms. The predicted octanol–water partition coefficient (Wildman–Crippen LogP) is 2.32. The second kappa shape index (κ2) is 5.75.